The molecule has 1 aromatic carbocycles. The lowest BCUT2D eigenvalue weighted by Gasteiger charge is -2.13. The van der Waals surface area contributed by atoms with Crippen LogP contribution >= 0.6 is 28.3 Å². The Labute approximate surface area is 139 Å². The highest BCUT2D eigenvalue weighted by Crippen LogP contribution is 2.27. The van der Waals surface area contributed by atoms with Crippen molar-refractivity contribution in [2.45, 2.75) is 33.7 Å². The number of halogens is 1. The van der Waals surface area contributed by atoms with Crippen molar-refractivity contribution in [3.8, 4) is 11.3 Å². The smallest absolute Gasteiger partial charge is 0.237 e. The maximum absolute atomic E-state index is 11.1. The van der Waals surface area contributed by atoms with Crippen LogP contribution in [0.25, 0.3) is 11.3 Å². The second kappa shape index (κ2) is 7.56. The van der Waals surface area contributed by atoms with Gasteiger partial charge in [-0.05, 0) is 26.3 Å². The fourth-order valence-electron chi connectivity index (χ4n) is 2.12. The van der Waals surface area contributed by atoms with Gasteiger partial charge in [-0.25, -0.2) is 5.43 Å². The normalized spacial score (nSPS) is 11.4. The lowest BCUT2D eigenvalue weighted by Crippen LogP contribution is -2.24. The molecule has 0 bridgehead atoms. The molecule has 4 nitrogen and oxygen atoms in total. The minimum absolute atomic E-state index is 0. The number of aromatic nitrogens is 1. The van der Waals surface area contributed by atoms with E-state index in [-0.39, 0.29) is 28.9 Å². The molecule has 0 spiro atoms. The first kappa shape index (κ1) is 17.7. The molecule has 0 aliphatic heterocycles. The Balaban J connectivity index is 0.00000220. The fourth-order valence-corrected chi connectivity index (χ4v) is 3.20. The van der Waals surface area contributed by atoms with Gasteiger partial charge in [0.25, 0.3) is 0 Å². The number of carbonyl (C=O) groups is 1. The van der Waals surface area contributed by atoms with Crippen molar-refractivity contribution in [2.24, 2.45) is 5.10 Å². The molecule has 0 saturated heterocycles. The van der Waals surface area contributed by atoms with E-state index in [2.05, 4.69) is 48.0 Å². The van der Waals surface area contributed by atoms with Gasteiger partial charge in [0.05, 0.1) is 5.69 Å². The third-order valence-corrected chi connectivity index (χ3v) is 3.87. The maximum atomic E-state index is 11.1. The number of nitrogens with one attached hydrogen (secondary N) is 1. The molecule has 1 N–H and O–H groups in total. The van der Waals surface area contributed by atoms with Crippen molar-refractivity contribution in [2.75, 3.05) is 0 Å². The number of carbonyl (C=O) groups excluding carboxylic acids is 1. The van der Waals surface area contributed by atoms with E-state index in [1.807, 2.05) is 18.2 Å². The molecular weight excluding hydrogens is 350 g/mol. The van der Waals surface area contributed by atoms with Crippen LogP contribution in [0, 0.1) is 6.92 Å². The summed E-state index contributed by atoms with van der Waals surface area (Å²) in [6, 6.07) is 10.5. The zero-order valence-electron chi connectivity index (χ0n) is 12.6. The molecule has 0 aliphatic carbocycles. The number of thiazole rings is 1. The second-order valence-corrected chi connectivity index (χ2v) is 6.08. The largest absolute Gasteiger partial charge is 0.312 e. The van der Waals surface area contributed by atoms with Gasteiger partial charge in [0.15, 0.2) is 0 Å². The van der Waals surface area contributed by atoms with E-state index in [9.17, 15) is 4.79 Å². The molecule has 114 valence electrons. The van der Waals surface area contributed by atoms with E-state index >= 15 is 0 Å². The number of nitrogens with zero attached hydrogens (tertiary/aromatic N) is 2. The molecule has 0 unspecified atom stereocenters. The average Bonchev–Trinajstić information content (AvgIpc) is 2.74. The Bertz CT molecular complexity index is 674. The van der Waals surface area contributed by atoms with Gasteiger partial charge < -0.3 is 4.57 Å². The molecule has 0 radical (unpaired) electrons. The number of rotatable bonds is 3. The standard InChI is InChI=1S/C15H19N3OS.BrH/c1-10(2)18-14(13-8-6-5-7-9-13)11(3)20-15(18)17-16-12(4)19;/h5-10H,1-4H3,(H,16,19);1H/b17-15+;. The molecule has 6 heteroatoms. The van der Waals surface area contributed by atoms with E-state index in [1.54, 1.807) is 11.3 Å². The van der Waals surface area contributed by atoms with Crippen molar-refractivity contribution >= 4 is 34.2 Å². The quantitative estimate of drug-likeness (QED) is 0.824. The summed E-state index contributed by atoms with van der Waals surface area (Å²) in [5.74, 6) is -0.160. The van der Waals surface area contributed by atoms with Crippen LogP contribution in [0.3, 0.4) is 0 Å². The molecule has 21 heavy (non-hydrogen) atoms. The highest BCUT2D eigenvalue weighted by molar-refractivity contribution is 8.93. The zero-order chi connectivity index (χ0) is 14.7. The van der Waals surface area contributed by atoms with E-state index in [1.165, 1.54) is 17.4 Å². The molecule has 2 aromatic rings. The van der Waals surface area contributed by atoms with E-state index in [4.69, 9.17) is 0 Å². The topological polar surface area (TPSA) is 46.4 Å². The van der Waals surface area contributed by atoms with Crippen molar-refractivity contribution in [3.05, 3.63) is 40.0 Å². The first-order valence-electron chi connectivity index (χ1n) is 6.58. The first-order chi connectivity index (χ1) is 9.50. The molecule has 1 aromatic heterocycles. The van der Waals surface area contributed by atoms with Gasteiger partial charge in [-0.1, -0.05) is 41.7 Å². The summed E-state index contributed by atoms with van der Waals surface area (Å²) >= 11 is 1.59. The predicted octanol–water partition coefficient (Wildman–Crippen LogP) is 3.64. The van der Waals surface area contributed by atoms with Gasteiger partial charge in [-0.2, -0.15) is 0 Å². The van der Waals surface area contributed by atoms with Gasteiger partial charge in [-0.3, -0.25) is 4.79 Å². The Morgan fingerprint density at radius 3 is 2.43 bits per heavy atom. The third-order valence-electron chi connectivity index (χ3n) is 2.90. The highest BCUT2D eigenvalue weighted by Gasteiger charge is 2.14. The summed E-state index contributed by atoms with van der Waals surface area (Å²) in [5.41, 5.74) is 4.85. The molecule has 1 amide bonds. The number of hydrogen-bond donors (Lipinski definition) is 1. The zero-order valence-corrected chi connectivity index (χ0v) is 15.1. The Hall–Kier alpha value is -1.40. The lowest BCUT2D eigenvalue weighted by atomic mass is 10.1. The number of hydrogen-bond acceptors (Lipinski definition) is 3. The SMILES string of the molecule is Br.CC(=O)N/N=c1/sc(C)c(-c2ccccc2)n1C(C)C. The molecular formula is C15H20BrN3OS. The number of amides is 1. The van der Waals surface area contributed by atoms with Crippen LogP contribution in [-0.2, 0) is 4.79 Å². The van der Waals surface area contributed by atoms with E-state index in [0.717, 1.165) is 10.5 Å². The van der Waals surface area contributed by atoms with Gasteiger partial charge in [-0.15, -0.1) is 22.1 Å². The summed E-state index contributed by atoms with van der Waals surface area (Å²) in [6.07, 6.45) is 0. The van der Waals surface area contributed by atoms with Crippen molar-refractivity contribution in [1.82, 2.24) is 9.99 Å². The molecule has 0 saturated carbocycles. The summed E-state index contributed by atoms with van der Waals surface area (Å²) in [7, 11) is 0. The van der Waals surface area contributed by atoms with Gasteiger partial charge in [0.2, 0.25) is 10.7 Å². The van der Waals surface area contributed by atoms with Gasteiger partial charge >= 0.3 is 0 Å². The molecule has 1 heterocycles. The van der Waals surface area contributed by atoms with Crippen molar-refractivity contribution in [1.29, 1.82) is 0 Å². The molecule has 0 fully saturated rings. The maximum Gasteiger partial charge on any atom is 0.237 e. The second-order valence-electron chi connectivity index (χ2n) is 4.90. The molecule has 2 rings (SSSR count). The predicted molar refractivity (Wildman–Crippen MR) is 92.6 cm³/mol. The Morgan fingerprint density at radius 1 is 1.29 bits per heavy atom. The van der Waals surface area contributed by atoms with Gasteiger partial charge in [0, 0.05) is 17.8 Å². The third kappa shape index (κ3) is 4.04. The van der Waals surface area contributed by atoms with E-state index < -0.39 is 0 Å². The number of benzene rings is 1. The Morgan fingerprint density at radius 2 is 1.90 bits per heavy atom. The number of aryl methyl sites for hydroxylation is 1. The van der Waals surface area contributed by atoms with Crippen molar-refractivity contribution < 1.29 is 4.79 Å². The van der Waals surface area contributed by atoms with Crippen LogP contribution in [0.1, 0.15) is 31.7 Å². The van der Waals surface area contributed by atoms with Gasteiger partial charge in [0.1, 0.15) is 0 Å². The summed E-state index contributed by atoms with van der Waals surface area (Å²) in [4.78, 5) is 13.1. The molecule has 0 aliphatic rings. The van der Waals surface area contributed by atoms with Crippen LogP contribution in [0.2, 0.25) is 0 Å². The van der Waals surface area contributed by atoms with Crippen LogP contribution in [0.4, 0.5) is 0 Å². The fraction of sp³-hybridized carbons (Fsp3) is 0.333. The monoisotopic (exact) mass is 369 g/mol. The summed E-state index contributed by atoms with van der Waals surface area (Å²) < 4.78 is 2.16. The van der Waals surface area contributed by atoms with Crippen LogP contribution in [-0.4, -0.2) is 10.5 Å². The Kier molecular flexibility index (Phi) is 6.36. The van der Waals surface area contributed by atoms with Crippen LogP contribution < -0.4 is 10.2 Å². The summed E-state index contributed by atoms with van der Waals surface area (Å²) in [6.45, 7) is 7.78. The van der Waals surface area contributed by atoms with Crippen LogP contribution in [0.15, 0.2) is 35.4 Å². The van der Waals surface area contributed by atoms with Crippen LogP contribution in [0.5, 0.6) is 0 Å². The molecule has 0 atom stereocenters. The lowest BCUT2D eigenvalue weighted by molar-refractivity contribution is -0.119. The summed E-state index contributed by atoms with van der Waals surface area (Å²) in [5, 5.41) is 4.22. The highest BCUT2D eigenvalue weighted by atomic mass is 79.9. The van der Waals surface area contributed by atoms with Crippen molar-refractivity contribution in [3.63, 3.8) is 0 Å². The minimum Gasteiger partial charge on any atom is -0.312 e. The average molecular weight is 370 g/mol. The first-order valence-corrected chi connectivity index (χ1v) is 7.40. The minimum atomic E-state index is -0.160. The van der Waals surface area contributed by atoms with E-state index in [0.29, 0.717) is 0 Å².